The number of aromatic nitrogens is 2. The standard InChI is InChI=1S/C26H21FN4O2/c27-20-12-10-17(11-13-20)24-22(16-31(29-24)21-8-2-1-3-9-21)26(33)30-15-19-7-5-4-6-18(19)14-23(30)25(28)32/h1-13,16,23H,14-15H2,(H2,28,32)/t23-/m1/s1. The van der Waals surface area contributed by atoms with Gasteiger partial charge in [-0.25, -0.2) is 9.07 Å². The van der Waals surface area contributed by atoms with Gasteiger partial charge in [-0.05, 0) is 47.5 Å². The molecule has 2 heterocycles. The lowest BCUT2D eigenvalue weighted by molar-refractivity contribution is -0.122. The van der Waals surface area contributed by atoms with Gasteiger partial charge >= 0.3 is 0 Å². The van der Waals surface area contributed by atoms with Crippen molar-refractivity contribution in [2.24, 2.45) is 5.73 Å². The van der Waals surface area contributed by atoms with Crippen LogP contribution in [0.25, 0.3) is 16.9 Å². The van der Waals surface area contributed by atoms with Gasteiger partial charge < -0.3 is 10.6 Å². The molecule has 3 aromatic carbocycles. The zero-order valence-electron chi connectivity index (χ0n) is 17.7. The van der Waals surface area contributed by atoms with Crippen molar-refractivity contribution >= 4 is 11.8 Å². The van der Waals surface area contributed by atoms with Crippen molar-refractivity contribution in [3.8, 4) is 16.9 Å². The largest absolute Gasteiger partial charge is 0.368 e. The Morgan fingerprint density at radius 3 is 2.27 bits per heavy atom. The molecule has 1 aromatic heterocycles. The molecule has 0 fully saturated rings. The molecule has 0 unspecified atom stereocenters. The number of carbonyl (C=O) groups is 2. The Balaban J connectivity index is 1.61. The zero-order valence-corrected chi connectivity index (χ0v) is 17.7. The van der Waals surface area contributed by atoms with Gasteiger partial charge in [-0.3, -0.25) is 9.59 Å². The molecule has 1 aliphatic heterocycles. The van der Waals surface area contributed by atoms with Crippen molar-refractivity contribution in [3.05, 3.63) is 108 Å². The molecule has 0 spiro atoms. The molecule has 6 nitrogen and oxygen atoms in total. The summed E-state index contributed by atoms with van der Waals surface area (Å²) in [5.74, 6) is -1.29. The lowest BCUT2D eigenvalue weighted by atomic mass is 9.92. The molecule has 0 aliphatic carbocycles. The fourth-order valence-electron chi connectivity index (χ4n) is 4.21. The minimum atomic E-state index is -0.770. The second-order valence-corrected chi connectivity index (χ2v) is 8.00. The van der Waals surface area contributed by atoms with Gasteiger partial charge in [0, 0.05) is 24.7 Å². The first-order valence-electron chi connectivity index (χ1n) is 10.6. The average molecular weight is 440 g/mol. The zero-order chi connectivity index (χ0) is 22.9. The van der Waals surface area contributed by atoms with Crippen LogP contribution < -0.4 is 5.73 Å². The van der Waals surface area contributed by atoms with Crippen LogP contribution >= 0.6 is 0 Å². The summed E-state index contributed by atoms with van der Waals surface area (Å²) < 4.78 is 15.2. The van der Waals surface area contributed by atoms with Crippen molar-refractivity contribution in [1.82, 2.24) is 14.7 Å². The SMILES string of the molecule is NC(=O)[C@H]1Cc2ccccc2CN1C(=O)c1cn(-c2ccccc2)nc1-c1ccc(F)cc1. The molecule has 1 atom stereocenters. The molecule has 164 valence electrons. The maximum Gasteiger partial charge on any atom is 0.258 e. The highest BCUT2D eigenvalue weighted by Crippen LogP contribution is 2.29. The number of hydrogen-bond donors (Lipinski definition) is 1. The monoisotopic (exact) mass is 440 g/mol. The van der Waals surface area contributed by atoms with Crippen LogP contribution in [0.1, 0.15) is 21.5 Å². The van der Waals surface area contributed by atoms with E-state index in [1.807, 2.05) is 54.6 Å². The van der Waals surface area contributed by atoms with E-state index in [2.05, 4.69) is 5.10 Å². The smallest absolute Gasteiger partial charge is 0.258 e. The van der Waals surface area contributed by atoms with E-state index in [-0.39, 0.29) is 18.3 Å². The molecule has 5 rings (SSSR count). The molecule has 7 heteroatoms. The van der Waals surface area contributed by atoms with Crippen LogP contribution in [0, 0.1) is 5.82 Å². The van der Waals surface area contributed by atoms with Crippen LogP contribution in [-0.4, -0.2) is 32.5 Å². The number of nitrogens with two attached hydrogens (primary N) is 1. The van der Waals surface area contributed by atoms with E-state index in [0.29, 0.717) is 23.2 Å². The van der Waals surface area contributed by atoms with Crippen LogP contribution in [0.2, 0.25) is 0 Å². The van der Waals surface area contributed by atoms with Crippen molar-refractivity contribution in [2.75, 3.05) is 0 Å². The Labute approximate surface area is 190 Å². The van der Waals surface area contributed by atoms with Crippen molar-refractivity contribution < 1.29 is 14.0 Å². The Hall–Kier alpha value is -4.26. The number of nitrogens with zero attached hydrogens (tertiary/aromatic N) is 3. The number of primary amides is 1. The molecular weight excluding hydrogens is 419 g/mol. The van der Waals surface area contributed by atoms with Crippen LogP contribution in [0.3, 0.4) is 0 Å². The number of para-hydroxylation sites is 1. The van der Waals surface area contributed by atoms with Gasteiger partial charge in [0.25, 0.3) is 5.91 Å². The van der Waals surface area contributed by atoms with Gasteiger partial charge in [0.15, 0.2) is 0 Å². The van der Waals surface area contributed by atoms with Crippen LogP contribution in [-0.2, 0) is 17.8 Å². The summed E-state index contributed by atoms with van der Waals surface area (Å²) in [5, 5.41) is 4.64. The van der Waals surface area contributed by atoms with E-state index in [9.17, 15) is 14.0 Å². The van der Waals surface area contributed by atoms with Gasteiger partial charge in [-0.15, -0.1) is 0 Å². The molecule has 0 bridgehead atoms. The van der Waals surface area contributed by atoms with Gasteiger partial charge in [-0.1, -0.05) is 42.5 Å². The predicted molar refractivity (Wildman–Crippen MR) is 122 cm³/mol. The molecule has 4 aromatic rings. The lowest BCUT2D eigenvalue weighted by Gasteiger charge is -2.35. The first-order valence-corrected chi connectivity index (χ1v) is 10.6. The number of halogens is 1. The third-order valence-electron chi connectivity index (χ3n) is 5.92. The fourth-order valence-corrected chi connectivity index (χ4v) is 4.21. The molecule has 33 heavy (non-hydrogen) atoms. The van der Waals surface area contributed by atoms with Gasteiger partial charge in [0.05, 0.1) is 11.3 Å². The summed E-state index contributed by atoms with van der Waals surface area (Å²) in [4.78, 5) is 27.6. The van der Waals surface area contributed by atoms with Gasteiger partial charge in [0.2, 0.25) is 5.91 Å². The highest BCUT2D eigenvalue weighted by Gasteiger charge is 2.35. The number of carbonyl (C=O) groups excluding carboxylic acids is 2. The summed E-state index contributed by atoms with van der Waals surface area (Å²) in [6, 6.07) is 22.2. The molecule has 2 N–H and O–H groups in total. The highest BCUT2D eigenvalue weighted by molar-refractivity contribution is 6.02. The number of benzene rings is 3. The Morgan fingerprint density at radius 2 is 1.58 bits per heavy atom. The van der Waals surface area contributed by atoms with E-state index in [1.165, 1.54) is 17.0 Å². The highest BCUT2D eigenvalue weighted by atomic mass is 19.1. The summed E-state index contributed by atoms with van der Waals surface area (Å²) in [7, 11) is 0. The second kappa shape index (κ2) is 8.35. The van der Waals surface area contributed by atoms with E-state index < -0.39 is 11.9 Å². The lowest BCUT2D eigenvalue weighted by Crippen LogP contribution is -2.51. The molecule has 0 saturated carbocycles. The number of fused-ring (bicyclic) bond motifs is 1. The normalized spacial score (nSPS) is 15.2. The Morgan fingerprint density at radius 1 is 0.909 bits per heavy atom. The fraction of sp³-hybridized carbons (Fsp3) is 0.115. The number of amides is 2. The third kappa shape index (κ3) is 3.89. The first kappa shape index (κ1) is 20.6. The molecular formula is C26H21FN4O2. The van der Waals surface area contributed by atoms with E-state index in [0.717, 1.165) is 16.8 Å². The predicted octanol–water partition coefficient (Wildman–Crippen LogP) is 3.73. The van der Waals surface area contributed by atoms with Gasteiger partial charge in [0.1, 0.15) is 17.6 Å². The first-order chi connectivity index (χ1) is 16.0. The van der Waals surface area contributed by atoms with Crippen LogP contribution in [0.5, 0.6) is 0 Å². The summed E-state index contributed by atoms with van der Waals surface area (Å²) in [5.41, 5.74) is 9.77. The summed E-state index contributed by atoms with van der Waals surface area (Å²) >= 11 is 0. The van der Waals surface area contributed by atoms with E-state index in [1.54, 1.807) is 23.0 Å². The average Bonchev–Trinajstić information content (AvgIpc) is 3.29. The molecule has 2 amide bonds. The van der Waals surface area contributed by atoms with Crippen molar-refractivity contribution in [2.45, 2.75) is 19.0 Å². The van der Waals surface area contributed by atoms with E-state index in [4.69, 9.17) is 5.73 Å². The van der Waals surface area contributed by atoms with Crippen LogP contribution in [0.4, 0.5) is 4.39 Å². The quantitative estimate of drug-likeness (QED) is 0.525. The maximum atomic E-state index is 13.8. The minimum absolute atomic E-state index is 0.266. The van der Waals surface area contributed by atoms with Crippen molar-refractivity contribution in [3.63, 3.8) is 0 Å². The number of rotatable bonds is 4. The minimum Gasteiger partial charge on any atom is -0.368 e. The Bertz CT molecular complexity index is 1330. The van der Waals surface area contributed by atoms with Crippen LogP contribution in [0.15, 0.2) is 85.1 Å². The molecule has 0 saturated heterocycles. The third-order valence-corrected chi connectivity index (χ3v) is 5.92. The molecule has 0 radical (unpaired) electrons. The van der Waals surface area contributed by atoms with Crippen molar-refractivity contribution in [1.29, 1.82) is 0 Å². The topological polar surface area (TPSA) is 81.2 Å². The summed E-state index contributed by atoms with van der Waals surface area (Å²) in [6.45, 7) is 0.266. The number of hydrogen-bond acceptors (Lipinski definition) is 3. The second-order valence-electron chi connectivity index (χ2n) is 8.00. The van der Waals surface area contributed by atoms with Gasteiger partial charge in [-0.2, -0.15) is 5.10 Å². The van der Waals surface area contributed by atoms with E-state index >= 15 is 0 Å². The Kier molecular flexibility index (Phi) is 5.22. The summed E-state index contributed by atoms with van der Waals surface area (Å²) in [6.07, 6.45) is 2.00. The maximum absolute atomic E-state index is 13.8. The molecule has 1 aliphatic rings.